The molecule has 6 rings (SSSR count). The van der Waals surface area contributed by atoms with E-state index in [0.717, 1.165) is 42.6 Å². The number of phenols is 1. The van der Waals surface area contributed by atoms with Crippen LogP contribution in [0.4, 0.5) is 17.6 Å². The number of pyridine rings is 2. The van der Waals surface area contributed by atoms with Crippen molar-refractivity contribution in [1.82, 2.24) is 19.5 Å². The minimum Gasteiger partial charge on any atom is -0.505 e. The molecule has 0 saturated heterocycles. The van der Waals surface area contributed by atoms with E-state index in [0.29, 0.717) is 31.7 Å². The molecule has 4 aromatic heterocycles. The van der Waals surface area contributed by atoms with Gasteiger partial charge in [-0.3, -0.25) is 14.3 Å². The number of hydrogen-bond donors (Lipinski definition) is 1. The summed E-state index contributed by atoms with van der Waals surface area (Å²) in [7, 11) is 0. The summed E-state index contributed by atoms with van der Waals surface area (Å²) in [5.74, 6) is -0.483. The number of aromatic hydroxyl groups is 1. The average Bonchev–Trinajstić information content (AvgIpc) is 3.63. The number of alkyl halides is 3. The third kappa shape index (κ3) is 4.11. The zero-order chi connectivity index (χ0) is 26.1. The highest BCUT2D eigenvalue weighted by atomic mass is 35.5. The normalized spacial score (nSPS) is 14.1. The number of hydrogen-bond acceptors (Lipinski definition) is 6. The summed E-state index contributed by atoms with van der Waals surface area (Å²) in [6.45, 7) is -0.150. The third-order valence-electron chi connectivity index (χ3n) is 6.25. The molecule has 4 heterocycles. The summed E-state index contributed by atoms with van der Waals surface area (Å²) in [5.41, 5.74) is -0.274. The Morgan fingerprint density at radius 3 is 2.59 bits per heavy atom. The van der Waals surface area contributed by atoms with Gasteiger partial charge >= 0.3 is 6.18 Å². The summed E-state index contributed by atoms with van der Waals surface area (Å²) in [6, 6.07) is 6.53. The molecular weight excluding hydrogens is 532 g/mol. The van der Waals surface area contributed by atoms with Gasteiger partial charge in [0, 0.05) is 11.6 Å². The van der Waals surface area contributed by atoms with E-state index in [9.17, 15) is 27.5 Å². The number of rotatable bonds is 4. The van der Waals surface area contributed by atoms with Crippen molar-refractivity contribution in [2.24, 2.45) is 0 Å². The molecule has 1 aliphatic rings. The summed E-state index contributed by atoms with van der Waals surface area (Å²) < 4.78 is 54.8. The molecule has 188 valence electrons. The molecule has 0 atom stereocenters. The van der Waals surface area contributed by atoms with E-state index in [4.69, 9.17) is 16.6 Å². The highest BCUT2D eigenvalue weighted by molar-refractivity contribution is 7.25. The first-order chi connectivity index (χ1) is 17.6. The Bertz CT molecular complexity index is 1760. The molecule has 1 aromatic carbocycles. The Morgan fingerprint density at radius 1 is 1.14 bits per heavy atom. The lowest BCUT2D eigenvalue weighted by Crippen LogP contribution is -2.24. The van der Waals surface area contributed by atoms with Crippen molar-refractivity contribution in [1.29, 1.82) is 0 Å². The molecule has 12 heteroatoms. The Balaban J connectivity index is 1.61. The van der Waals surface area contributed by atoms with Gasteiger partial charge in [-0.25, -0.2) is 14.4 Å². The largest absolute Gasteiger partial charge is 0.505 e. The predicted octanol–water partition coefficient (Wildman–Crippen LogP) is 6.51. The lowest BCUT2D eigenvalue weighted by atomic mass is 10.1. The molecule has 0 unspecified atom stereocenters. The van der Waals surface area contributed by atoms with Gasteiger partial charge in [0.05, 0.1) is 27.9 Å². The number of nitrogens with zero attached hydrogens (tertiary/aromatic N) is 4. The smallest absolute Gasteiger partial charge is 0.433 e. The maximum atomic E-state index is 14.1. The van der Waals surface area contributed by atoms with Gasteiger partial charge in [0.2, 0.25) is 0 Å². The van der Waals surface area contributed by atoms with Gasteiger partial charge in [0.15, 0.2) is 11.6 Å². The first-order valence-electron chi connectivity index (χ1n) is 11.1. The Kier molecular flexibility index (Phi) is 5.46. The fourth-order valence-electron chi connectivity index (χ4n) is 4.33. The second-order valence-corrected chi connectivity index (χ2v) is 10.2. The van der Waals surface area contributed by atoms with Gasteiger partial charge in [-0.2, -0.15) is 13.2 Å². The standard InChI is InChI=1S/C25H15ClF4N4O2S/c26-16-5-4-14-18-23(37-21(14)20(16)35)33-22(19-15(12-2-3-12)7-13(27)9-32-19)34(24(18)36)10-11-1-6-17(31-8-11)25(28,29)30/h1,4-9,12,35H,2-3,10H2. The number of fused-ring (bicyclic) bond motifs is 3. The summed E-state index contributed by atoms with van der Waals surface area (Å²) in [6.07, 6.45) is -0.832. The van der Waals surface area contributed by atoms with Crippen LogP contribution in [0.2, 0.25) is 5.02 Å². The molecule has 37 heavy (non-hydrogen) atoms. The minimum atomic E-state index is -4.60. The summed E-state index contributed by atoms with van der Waals surface area (Å²) in [5, 5.41) is 11.3. The van der Waals surface area contributed by atoms with Crippen LogP contribution in [0, 0.1) is 5.82 Å². The van der Waals surface area contributed by atoms with Crippen LogP contribution < -0.4 is 5.56 Å². The number of thiophene rings is 1. The van der Waals surface area contributed by atoms with Gasteiger partial charge in [0.1, 0.15) is 22.0 Å². The van der Waals surface area contributed by atoms with Gasteiger partial charge in [-0.1, -0.05) is 23.7 Å². The van der Waals surface area contributed by atoms with Crippen LogP contribution in [0.15, 0.2) is 47.5 Å². The first kappa shape index (κ1) is 23.8. The molecule has 1 fully saturated rings. The van der Waals surface area contributed by atoms with Gasteiger partial charge < -0.3 is 5.11 Å². The highest BCUT2D eigenvalue weighted by Crippen LogP contribution is 2.45. The molecule has 6 nitrogen and oxygen atoms in total. The number of aromatic nitrogens is 4. The van der Waals surface area contributed by atoms with Crippen molar-refractivity contribution in [3.63, 3.8) is 0 Å². The zero-order valence-electron chi connectivity index (χ0n) is 18.7. The number of benzene rings is 1. The molecule has 1 saturated carbocycles. The quantitative estimate of drug-likeness (QED) is 0.260. The fourth-order valence-corrected chi connectivity index (χ4v) is 5.65. The number of halogens is 5. The molecule has 1 aliphatic carbocycles. The Morgan fingerprint density at radius 2 is 1.92 bits per heavy atom. The molecule has 0 amide bonds. The van der Waals surface area contributed by atoms with Gasteiger partial charge in [-0.05, 0) is 48.1 Å². The Hall–Kier alpha value is -3.57. The summed E-state index contributed by atoms with van der Waals surface area (Å²) in [4.78, 5) is 26.7. The van der Waals surface area contributed by atoms with Crippen LogP contribution in [-0.4, -0.2) is 24.6 Å². The monoisotopic (exact) mass is 546 g/mol. The topological polar surface area (TPSA) is 80.9 Å². The van der Waals surface area contributed by atoms with E-state index in [-0.39, 0.29) is 34.4 Å². The number of phenolic OH excluding ortho intramolecular Hbond substituents is 1. The fraction of sp³-hybridized carbons (Fsp3) is 0.200. The van der Waals surface area contributed by atoms with E-state index in [2.05, 4.69) is 9.97 Å². The second-order valence-electron chi connectivity index (χ2n) is 8.80. The van der Waals surface area contributed by atoms with Crippen molar-refractivity contribution in [2.45, 2.75) is 31.5 Å². The molecular formula is C25H15ClF4N4O2S. The molecule has 0 aliphatic heterocycles. The molecule has 1 N–H and O–H groups in total. The van der Waals surface area contributed by atoms with Gasteiger partial charge in [-0.15, -0.1) is 11.3 Å². The molecule has 0 radical (unpaired) electrons. The Labute approximate surface area is 214 Å². The van der Waals surface area contributed by atoms with Crippen molar-refractivity contribution >= 4 is 43.2 Å². The highest BCUT2D eigenvalue weighted by Gasteiger charge is 2.33. The van der Waals surface area contributed by atoms with E-state index >= 15 is 0 Å². The lowest BCUT2D eigenvalue weighted by molar-refractivity contribution is -0.141. The van der Waals surface area contributed by atoms with Crippen molar-refractivity contribution < 1.29 is 22.7 Å². The van der Waals surface area contributed by atoms with Gasteiger partial charge in [0.25, 0.3) is 5.56 Å². The maximum absolute atomic E-state index is 14.1. The van der Waals surface area contributed by atoms with Crippen molar-refractivity contribution in [2.75, 3.05) is 0 Å². The average molecular weight is 547 g/mol. The SMILES string of the molecule is O=c1c2c(nc(-c3ncc(F)cc3C3CC3)n1Cc1ccc(C(F)(F)F)nc1)sc1c(O)c(Cl)ccc12. The summed E-state index contributed by atoms with van der Waals surface area (Å²) >= 11 is 7.14. The van der Waals surface area contributed by atoms with E-state index in [1.165, 1.54) is 22.8 Å². The van der Waals surface area contributed by atoms with Crippen LogP contribution in [0.1, 0.15) is 35.6 Å². The minimum absolute atomic E-state index is 0.0669. The van der Waals surface area contributed by atoms with Crippen LogP contribution in [0.25, 0.3) is 31.8 Å². The van der Waals surface area contributed by atoms with Crippen LogP contribution in [0.5, 0.6) is 5.75 Å². The van der Waals surface area contributed by atoms with Crippen LogP contribution in [0.3, 0.4) is 0 Å². The second kappa shape index (κ2) is 8.49. The predicted molar refractivity (Wildman–Crippen MR) is 132 cm³/mol. The molecule has 5 aromatic rings. The lowest BCUT2D eigenvalue weighted by Gasteiger charge is -2.15. The first-order valence-corrected chi connectivity index (χ1v) is 12.3. The van der Waals surface area contributed by atoms with Crippen LogP contribution in [-0.2, 0) is 12.7 Å². The zero-order valence-corrected chi connectivity index (χ0v) is 20.3. The molecule has 0 bridgehead atoms. The van der Waals surface area contributed by atoms with Crippen LogP contribution >= 0.6 is 22.9 Å². The van der Waals surface area contributed by atoms with Crippen molar-refractivity contribution in [3.8, 4) is 17.3 Å². The maximum Gasteiger partial charge on any atom is 0.433 e. The van der Waals surface area contributed by atoms with Crippen molar-refractivity contribution in [3.05, 3.63) is 80.7 Å². The van der Waals surface area contributed by atoms with E-state index in [1.54, 1.807) is 6.07 Å². The third-order valence-corrected chi connectivity index (χ3v) is 7.67. The molecule has 0 spiro atoms. The van der Waals surface area contributed by atoms with E-state index in [1.807, 2.05) is 0 Å². The van der Waals surface area contributed by atoms with E-state index < -0.39 is 23.2 Å².